The number of ether oxygens (including phenoxy) is 1. The van der Waals surface area contributed by atoms with Gasteiger partial charge in [-0.3, -0.25) is 18.4 Å². The minimum Gasteiger partial charge on any atom is -0.384 e. The van der Waals surface area contributed by atoms with Gasteiger partial charge in [0.2, 0.25) is 12.1 Å². The van der Waals surface area contributed by atoms with Gasteiger partial charge in [0, 0.05) is 25.7 Å². The minimum absolute atomic E-state index is 0.00283. The van der Waals surface area contributed by atoms with Crippen LogP contribution in [0.1, 0.15) is 71.4 Å². The number of nitrogen functional groups attached to an aromatic ring is 1. The summed E-state index contributed by atoms with van der Waals surface area (Å²) < 4.78 is 58.8. The number of nitrogens with one attached hydrogen (secondary N) is 2. The molecule has 1 aliphatic heterocycles. The average Bonchev–Trinajstić information content (AvgIpc) is 3.27. The molecule has 48 heavy (non-hydrogen) atoms. The molecule has 1 aromatic heterocycles. The van der Waals surface area contributed by atoms with E-state index in [4.69, 9.17) is 19.5 Å². The first kappa shape index (κ1) is 40.9. The molecule has 5 N–H and O–H groups in total. The number of alkyl halides is 2. The number of nitrogens with two attached hydrogens (primary N) is 1. The summed E-state index contributed by atoms with van der Waals surface area (Å²) in [5.41, 5.74) is 4.32. The monoisotopic (exact) mass is 697 g/mol. The smallest absolute Gasteiger partial charge is 0.384 e. The van der Waals surface area contributed by atoms with Crippen molar-refractivity contribution in [2.24, 2.45) is 0 Å². The highest BCUT2D eigenvalue weighted by molar-refractivity contribution is 7.51. The zero-order valence-corrected chi connectivity index (χ0v) is 28.6. The second-order valence-electron chi connectivity index (χ2n) is 10.8. The fraction of sp³-hybridized carbons (Fsp3) is 0.545. The summed E-state index contributed by atoms with van der Waals surface area (Å²) in [6, 6.07) is 1.13. The molecule has 4 unspecified atom stereocenters. The van der Waals surface area contributed by atoms with E-state index < -0.39 is 44.4 Å². The molecule has 1 aromatic rings. The molecule has 268 valence electrons. The van der Waals surface area contributed by atoms with Crippen LogP contribution in [0.5, 0.6) is 0 Å². The van der Waals surface area contributed by atoms with Crippen molar-refractivity contribution in [1.82, 2.24) is 20.0 Å². The number of aromatic nitrogens is 2. The summed E-state index contributed by atoms with van der Waals surface area (Å²) in [4.78, 5) is 27.6. The van der Waals surface area contributed by atoms with Gasteiger partial charge < -0.3 is 20.9 Å². The molecule has 0 radical (unpaired) electrons. The normalized spacial score (nSPS) is 21.0. The van der Waals surface area contributed by atoms with Crippen LogP contribution >= 0.6 is 7.75 Å². The number of aliphatic hydroxyl groups is 1. The number of anilines is 1. The maximum atomic E-state index is 14.8. The molecule has 1 aliphatic rings. The van der Waals surface area contributed by atoms with Crippen molar-refractivity contribution in [2.75, 3.05) is 32.0 Å². The Labute approximate surface area is 281 Å². The Morgan fingerprint density at radius 3 is 2.23 bits per heavy atom. The van der Waals surface area contributed by atoms with Crippen LogP contribution in [0.15, 0.2) is 77.8 Å². The predicted octanol–water partition coefficient (Wildman–Crippen LogP) is 5.51. The van der Waals surface area contributed by atoms with Crippen molar-refractivity contribution in [3.8, 4) is 0 Å². The van der Waals surface area contributed by atoms with E-state index in [0.717, 1.165) is 50.8 Å². The lowest BCUT2D eigenvalue weighted by atomic mass is 10.1. The van der Waals surface area contributed by atoms with Crippen molar-refractivity contribution in [2.45, 2.75) is 89.6 Å². The lowest BCUT2D eigenvalue weighted by Gasteiger charge is -2.22. The van der Waals surface area contributed by atoms with E-state index in [0.29, 0.717) is 17.4 Å². The Hall–Kier alpha value is -3.26. The summed E-state index contributed by atoms with van der Waals surface area (Å²) in [6.45, 7) is 3.01. The number of carbonyl (C=O) groups excluding carboxylic acids is 1. The number of allylic oxidation sites excluding steroid dienone is 10. The number of nitrogens with zero attached hydrogens (tertiary/aromatic N) is 2. The second-order valence-corrected chi connectivity index (χ2v) is 12.6. The molecule has 0 bridgehead atoms. The quantitative estimate of drug-likeness (QED) is 0.0651. The van der Waals surface area contributed by atoms with Gasteiger partial charge in [-0.1, -0.05) is 67.7 Å². The fourth-order valence-corrected chi connectivity index (χ4v) is 5.74. The van der Waals surface area contributed by atoms with Gasteiger partial charge in [0.1, 0.15) is 11.9 Å². The van der Waals surface area contributed by atoms with Crippen molar-refractivity contribution in [1.29, 1.82) is 0 Å². The summed E-state index contributed by atoms with van der Waals surface area (Å²) in [7, 11) is -4.02. The molecule has 0 aliphatic carbocycles. The minimum atomic E-state index is -4.02. The van der Waals surface area contributed by atoms with E-state index in [-0.39, 0.29) is 31.4 Å². The Balaban J connectivity index is 1.63. The van der Waals surface area contributed by atoms with Gasteiger partial charge in [0.15, 0.2) is 6.10 Å². The van der Waals surface area contributed by atoms with Gasteiger partial charge in [-0.05, 0) is 57.9 Å². The second kappa shape index (κ2) is 22.4. The van der Waals surface area contributed by atoms with E-state index in [2.05, 4.69) is 77.0 Å². The largest absolute Gasteiger partial charge is 0.405 e. The van der Waals surface area contributed by atoms with E-state index in [1.165, 1.54) is 0 Å². The SMILES string of the molecule is CCC=CCC=CCC=CCC=CCC=CCCCC(=O)NCCNP(=O)(OCC)OCC1OC(n2ccc(N)nc2=O)C(F)(F)C1O. The van der Waals surface area contributed by atoms with Crippen LogP contribution in [0.4, 0.5) is 14.6 Å². The van der Waals surface area contributed by atoms with Gasteiger partial charge in [-0.15, -0.1) is 0 Å². The zero-order chi connectivity index (χ0) is 35.3. The molecule has 0 spiro atoms. The lowest BCUT2D eigenvalue weighted by molar-refractivity contribution is -0.140. The van der Waals surface area contributed by atoms with E-state index in [1.807, 2.05) is 6.08 Å². The molecular weight excluding hydrogens is 647 g/mol. The Morgan fingerprint density at radius 1 is 1.04 bits per heavy atom. The third-order valence-corrected chi connectivity index (χ3v) is 8.57. The maximum absolute atomic E-state index is 14.8. The molecule has 1 fully saturated rings. The van der Waals surface area contributed by atoms with Crippen LogP contribution in [0, 0.1) is 0 Å². The zero-order valence-electron chi connectivity index (χ0n) is 27.7. The molecule has 1 amide bonds. The number of halogens is 2. The van der Waals surface area contributed by atoms with Gasteiger partial charge in [0.05, 0.1) is 13.2 Å². The first-order chi connectivity index (χ1) is 23.0. The number of rotatable bonds is 23. The summed E-state index contributed by atoms with van der Waals surface area (Å²) in [6.07, 6.45) is 22.5. The third-order valence-electron chi connectivity index (χ3n) is 6.88. The van der Waals surface area contributed by atoms with Crippen LogP contribution in [0.2, 0.25) is 0 Å². The van der Waals surface area contributed by atoms with E-state index in [1.54, 1.807) is 6.92 Å². The molecule has 0 saturated carbocycles. The number of hydrogen-bond donors (Lipinski definition) is 4. The fourth-order valence-electron chi connectivity index (χ4n) is 4.41. The molecule has 0 aromatic carbocycles. The first-order valence-electron chi connectivity index (χ1n) is 16.3. The van der Waals surface area contributed by atoms with Gasteiger partial charge >= 0.3 is 19.4 Å². The maximum Gasteiger partial charge on any atom is 0.405 e. The van der Waals surface area contributed by atoms with E-state index in [9.17, 15) is 28.0 Å². The molecular formula is C33H50F2N5O7P. The van der Waals surface area contributed by atoms with Gasteiger partial charge in [-0.25, -0.2) is 14.4 Å². The number of hydrogen-bond acceptors (Lipinski definition) is 9. The van der Waals surface area contributed by atoms with Gasteiger partial charge in [-0.2, -0.15) is 13.8 Å². The lowest BCUT2D eigenvalue weighted by Crippen LogP contribution is -2.42. The molecule has 2 heterocycles. The highest BCUT2D eigenvalue weighted by Crippen LogP contribution is 2.47. The molecule has 2 rings (SSSR count). The predicted molar refractivity (Wildman–Crippen MR) is 182 cm³/mol. The number of unbranched alkanes of at least 4 members (excludes halogenated alkanes) is 1. The van der Waals surface area contributed by atoms with Crippen molar-refractivity contribution in [3.63, 3.8) is 0 Å². The van der Waals surface area contributed by atoms with Crippen LogP contribution in [-0.4, -0.2) is 65.0 Å². The molecule has 15 heteroatoms. The van der Waals surface area contributed by atoms with Crippen molar-refractivity contribution in [3.05, 3.63) is 83.5 Å². The van der Waals surface area contributed by atoms with Crippen LogP contribution in [-0.2, 0) is 23.1 Å². The van der Waals surface area contributed by atoms with Crippen LogP contribution < -0.4 is 21.8 Å². The summed E-state index contributed by atoms with van der Waals surface area (Å²) >= 11 is 0. The van der Waals surface area contributed by atoms with Crippen molar-refractivity contribution >= 4 is 19.5 Å². The van der Waals surface area contributed by atoms with Crippen LogP contribution in [0.25, 0.3) is 0 Å². The highest BCUT2D eigenvalue weighted by atomic mass is 31.2. The topological polar surface area (TPSA) is 167 Å². The first-order valence-corrected chi connectivity index (χ1v) is 17.8. The average molecular weight is 698 g/mol. The molecule has 4 atom stereocenters. The van der Waals surface area contributed by atoms with Crippen molar-refractivity contribution < 1.29 is 37.0 Å². The van der Waals surface area contributed by atoms with Gasteiger partial charge in [0.25, 0.3) is 0 Å². The Kier molecular flexibility index (Phi) is 19.1. The van der Waals surface area contributed by atoms with Crippen LogP contribution in [0.3, 0.4) is 0 Å². The number of aliphatic hydroxyl groups excluding tert-OH is 1. The number of carbonyl (C=O) groups is 1. The number of amides is 1. The molecule has 1 saturated heterocycles. The summed E-state index contributed by atoms with van der Waals surface area (Å²) in [5, 5.41) is 15.5. The summed E-state index contributed by atoms with van der Waals surface area (Å²) in [5.74, 6) is -4.24. The Bertz CT molecular complexity index is 1370. The third kappa shape index (κ3) is 14.9. The van der Waals surface area contributed by atoms with E-state index >= 15 is 0 Å². The Morgan fingerprint density at radius 2 is 1.65 bits per heavy atom. The molecule has 12 nitrogen and oxygen atoms in total. The highest BCUT2D eigenvalue weighted by Gasteiger charge is 2.60. The standard InChI is InChI=1S/C33H50F2N5O7P/c1-3-5-6-7-8-9-10-11-12-13-14-15-16-17-18-19-20-21-29(41)37-23-24-38-48(44,45-4-2)46-26-27-30(42)33(34,35)31(47-27)40-25-22-28(36)39-32(40)43/h5-6,8-9,11-12,14-15,17-18,22,25,27,30-31,42H,3-4,7,10,13,16,19-21,23-24,26H2,1-2H3,(H,37,41)(H,38,44)(H2,36,39,43).